The molecule has 0 N–H and O–H groups in total. The van der Waals surface area contributed by atoms with Crippen LogP contribution in [0.1, 0.15) is 22.8 Å². The van der Waals surface area contributed by atoms with Gasteiger partial charge in [0.2, 0.25) is 0 Å². The van der Waals surface area contributed by atoms with Gasteiger partial charge in [-0.2, -0.15) is 5.26 Å². The number of esters is 1. The van der Waals surface area contributed by atoms with Crippen molar-refractivity contribution in [3.63, 3.8) is 0 Å². The normalized spacial score (nSPS) is 9.41. The number of hydrogen-bond acceptors (Lipinski definition) is 5. The summed E-state index contributed by atoms with van der Waals surface area (Å²) < 4.78 is 4.75. The summed E-state index contributed by atoms with van der Waals surface area (Å²) in [7, 11) is 0. The smallest absolute Gasteiger partial charge is 0.338 e. The van der Waals surface area contributed by atoms with E-state index in [4.69, 9.17) is 10.00 Å². The van der Waals surface area contributed by atoms with Gasteiger partial charge in [-0.15, -0.1) is 0 Å². The van der Waals surface area contributed by atoms with Crippen molar-refractivity contribution in [3.05, 3.63) is 39.4 Å². The molecule has 1 aromatic rings. The fourth-order valence-electron chi connectivity index (χ4n) is 1.31. The van der Waals surface area contributed by atoms with E-state index in [0.717, 1.165) is 6.07 Å². The first-order chi connectivity index (χ1) is 8.08. The van der Waals surface area contributed by atoms with E-state index in [0.29, 0.717) is 5.56 Å². The Morgan fingerprint density at radius 2 is 2.24 bits per heavy atom. The number of carbonyl (C=O) groups is 1. The molecule has 17 heavy (non-hydrogen) atoms. The van der Waals surface area contributed by atoms with Gasteiger partial charge < -0.3 is 4.74 Å². The molecular formula is C11H10N2O4. The van der Waals surface area contributed by atoms with Gasteiger partial charge in [-0.25, -0.2) is 4.79 Å². The minimum Gasteiger partial charge on any atom is -0.462 e. The van der Waals surface area contributed by atoms with E-state index in [1.807, 2.05) is 6.07 Å². The van der Waals surface area contributed by atoms with Crippen LogP contribution in [0, 0.1) is 21.4 Å². The zero-order chi connectivity index (χ0) is 12.8. The van der Waals surface area contributed by atoms with Crippen molar-refractivity contribution >= 4 is 11.7 Å². The van der Waals surface area contributed by atoms with Gasteiger partial charge in [0.1, 0.15) is 0 Å². The van der Waals surface area contributed by atoms with Gasteiger partial charge >= 0.3 is 5.97 Å². The maximum absolute atomic E-state index is 11.4. The summed E-state index contributed by atoms with van der Waals surface area (Å²) in [6, 6.07) is 5.71. The molecule has 1 aromatic carbocycles. The molecule has 1 rings (SSSR count). The molecule has 0 saturated carbocycles. The first-order valence-corrected chi connectivity index (χ1v) is 4.91. The van der Waals surface area contributed by atoms with Gasteiger partial charge in [0.05, 0.1) is 29.6 Å². The van der Waals surface area contributed by atoms with Crippen molar-refractivity contribution in [2.75, 3.05) is 6.61 Å². The summed E-state index contributed by atoms with van der Waals surface area (Å²) in [5, 5.41) is 19.2. The summed E-state index contributed by atoms with van der Waals surface area (Å²) in [6.07, 6.45) is 0.00802. The highest BCUT2D eigenvalue weighted by atomic mass is 16.6. The summed E-state index contributed by atoms with van der Waals surface area (Å²) in [5.74, 6) is -0.629. The van der Waals surface area contributed by atoms with E-state index in [1.165, 1.54) is 12.1 Å². The molecule has 0 unspecified atom stereocenters. The van der Waals surface area contributed by atoms with Crippen molar-refractivity contribution in [3.8, 4) is 6.07 Å². The zero-order valence-electron chi connectivity index (χ0n) is 9.17. The number of hydrogen-bond donors (Lipinski definition) is 0. The first kappa shape index (κ1) is 12.6. The number of nitriles is 1. The largest absolute Gasteiger partial charge is 0.462 e. The fourth-order valence-corrected chi connectivity index (χ4v) is 1.31. The minimum atomic E-state index is -0.629. The molecule has 0 aliphatic carbocycles. The van der Waals surface area contributed by atoms with Crippen molar-refractivity contribution in [1.29, 1.82) is 5.26 Å². The number of rotatable bonds is 4. The number of non-ortho nitro benzene ring substituents is 1. The maximum Gasteiger partial charge on any atom is 0.338 e. The molecule has 0 aromatic heterocycles. The third-order valence-electron chi connectivity index (χ3n) is 1.98. The monoisotopic (exact) mass is 234 g/mol. The average Bonchev–Trinajstić information content (AvgIpc) is 2.29. The van der Waals surface area contributed by atoms with Crippen molar-refractivity contribution in [2.24, 2.45) is 0 Å². The Kier molecular flexibility index (Phi) is 4.17. The van der Waals surface area contributed by atoms with E-state index >= 15 is 0 Å². The van der Waals surface area contributed by atoms with Crippen molar-refractivity contribution in [1.82, 2.24) is 0 Å². The molecule has 6 heteroatoms. The van der Waals surface area contributed by atoms with Crippen LogP contribution in [0.5, 0.6) is 0 Å². The standard InChI is InChI=1S/C11H10N2O4/c1-2-17-11(14)9-5-8(3-4-12)6-10(7-9)13(15)16/h5-7H,2-3H2,1H3. The SMILES string of the molecule is CCOC(=O)c1cc(CC#N)cc([N+](=O)[O-])c1. The molecule has 0 fully saturated rings. The molecule has 0 aliphatic rings. The highest BCUT2D eigenvalue weighted by Crippen LogP contribution is 2.18. The van der Waals surface area contributed by atoms with E-state index in [9.17, 15) is 14.9 Å². The molecule has 0 bridgehead atoms. The predicted octanol–water partition coefficient (Wildman–Crippen LogP) is 1.84. The van der Waals surface area contributed by atoms with Crippen molar-refractivity contribution in [2.45, 2.75) is 13.3 Å². The third-order valence-corrected chi connectivity index (χ3v) is 1.98. The van der Waals surface area contributed by atoms with Gasteiger partial charge in [-0.3, -0.25) is 10.1 Å². The Morgan fingerprint density at radius 3 is 2.76 bits per heavy atom. The lowest BCUT2D eigenvalue weighted by Crippen LogP contribution is -2.06. The molecule has 0 radical (unpaired) electrons. The Balaban J connectivity index is 3.17. The highest BCUT2D eigenvalue weighted by molar-refractivity contribution is 5.90. The Morgan fingerprint density at radius 1 is 1.53 bits per heavy atom. The van der Waals surface area contributed by atoms with Crippen molar-refractivity contribution < 1.29 is 14.5 Å². The summed E-state index contributed by atoms with van der Waals surface area (Å²) >= 11 is 0. The maximum atomic E-state index is 11.4. The van der Waals surface area contributed by atoms with Crippen LogP contribution in [0.25, 0.3) is 0 Å². The molecule has 88 valence electrons. The summed E-state index contributed by atoms with van der Waals surface area (Å²) in [6.45, 7) is 1.83. The second kappa shape index (κ2) is 5.61. The number of nitrogens with zero attached hydrogens (tertiary/aromatic N) is 2. The molecule has 0 heterocycles. The first-order valence-electron chi connectivity index (χ1n) is 4.91. The zero-order valence-corrected chi connectivity index (χ0v) is 9.17. The van der Waals surface area contributed by atoms with E-state index in [1.54, 1.807) is 6.92 Å². The van der Waals surface area contributed by atoms with Crippen LogP contribution in [0.2, 0.25) is 0 Å². The van der Waals surface area contributed by atoms with E-state index in [-0.39, 0.29) is 24.3 Å². The van der Waals surface area contributed by atoms with Gasteiger partial charge in [-0.1, -0.05) is 0 Å². The van der Waals surface area contributed by atoms with Gasteiger partial charge in [-0.05, 0) is 18.6 Å². The van der Waals surface area contributed by atoms with Crippen LogP contribution in [0.4, 0.5) is 5.69 Å². The van der Waals surface area contributed by atoms with Crippen LogP contribution < -0.4 is 0 Å². The van der Waals surface area contributed by atoms with Crippen LogP contribution in [-0.2, 0) is 11.2 Å². The lowest BCUT2D eigenvalue weighted by molar-refractivity contribution is -0.384. The van der Waals surface area contributed by atoms with Gasteiger partial charge in [0, 0.05) is 12.1 Å². The predicted molar refractivity (Wildman–Crippen MR) is 58.4 cm³/mol. The van der Waals surface area contributed by atoms with Crippen LogP contribution in [-0.4, -0.2) is 17.5 Å². The lowest BCUT2D eigenvalue weighted by atomic mass is 10.1. The quantitative estimate of drug-likeness (QED) is 0.450. The van der Waals surface area contributed by atoms with Gasteiger partial charge in [0.25, 0.3) is 5.69 Å². The number of nitro groups is 1. The second-order valence-electron chi connectivity index (χ2n) is 3.20. The van der Waals surface area contributed by atoms with Crippen LogP contribution >= 0.6 is 0 Å². The molecular weight excluding hydrogens is 224 g/mol. The topological polar surface area (TPSA) is 93.2 Å². The van der Waals surface area contributed by atoms with E-state index < -0.39 is 10.9 Å². The highest BCUT2D eigenvalue weighted by Gasteiger charge is 2.15. The minimum absolute atomic E-state index is 0.00802. The van der Waals surface area contributed by atoms with Crippen LogP contribution in [0.15, 0.2) is 18.2 Å². The summed E-state index contributed by atoms with van der Waals surface area (Å²) in [5.41, 5.74) is 0.289. The molecule has 6 nitrogen and oxygen atoms in total. The second-order valence-corrected chi connectivity index (χ2v) is 3.20. The third kappa shape index (κ3) is 3.28. The van der Waals surface area contributed by atoms with Crippen LogP contribution in [0.3, 0.4) is 0 Å². The number of nitro benzene ring substituents is 1. The molecule has 0 saturated heterocycles. The number of benzene rings is 1. The average molecular weight is 234 g/mol. The number of carbonyl (C=O) groups excluding carboxylic acids is 1. The molecule has 0 amide bonds. The molecule has 0 aliphatic heterocycles. The number of ether oxygens (including phenoxy) is 1. The Labute approximate surface area is 97.6 Å². The molecule has 0 spiro atoms. The Hall–Kier alpha value is -2.42. The Bertz CT molecular complexity index is 491. The fraction of sp³-hybridized carbons (Fsp3) is 0.273. The van der Waals surface area contributed by atoms with Gasteiger partial charge in [0.15, 0.2) is 0 Å². The van der Waals surface area contributed by atoms with E-state index in [2.05, 4.69) is 0 Å². The summed E-state index contributed by atoms with van der Waals surface area (Å²) in [4.78, 5) is 21.5. The lowest BCUT2D eigenvalue weighted by Gasteiger charge is -2.03. The molecule has 0 atom stereocenters.